The van der Waals surface area contributed by atoms with Gasteiger partial charge in [-0.2, -0.15) is 0 Å². The molecule has 1 aromatic heterocycles. The van der Waals surface area contributed by atoms with Crippen molar-refractivity contribution in [3.63, 3.8) is 0 Å². The zero-order valence-corrected chi connectivity index (χ0v) is 8.75. The summed E-state index contributed by atoms with van der Waals surface area (Å²) in [4.78, 5) is 4.30. The third kappa shape index (κ3) is 2.58. The lowest BCUT2D eigenvalue weighted by molar-refractivity contribution is 0.611. The van der Waals surface area contributed by atoms with Crippen LogP contribution in [-0.4, -0.2) is 11.5 Å². The number of aromatic nitrogens is 1. The van der Waals surface area contributed by atoms with Crippen molar-refractivity contribution in [3.05, 3.63) is 29.6 Å². The fraction of sp³-hybridized carbons (Fsp3) is 0.417. The topological polar surface area (TPSA) is 24.9 Å². The van der Waals surface area contributed by atoms with E-state index in [1.54, 1.807) is 6.20 Å². The average molecular weight is 188 g/mol. The molecule has 0 amide bonds. The summed E-state index contributed by atoms with van der Waals surface area (Å²) in [5.41, 5.74) is 2.10. The predicted molar refractivity (Wildman–Crippen MR) is 58.8 cm³/mol. The van der Waals surface area contributed by atoms with Crippen molar-refractivity contribution in [1.29, 1.82) is 0 Å². The molecule has 1 heterocycles. The fourth-order valence-corrected chi connectivity index (χ4v) is 1.32. The minimum absolute atomic E-state index is 0.0591. The van der Waals surface area contributed by atoms with Crippen LogP contribution in [0.15, 0.2) is 18.3 Å². The van der Waals surface area contributed by atoms with Gasteiger partial charge in [-0.05, 0) is 31.5 Å². The standard InChI is InChI=1S/C12H16N2/c1-4-8-13-11(5-2)12-10(3)7-6-9-14-12/h2,6-7,9,11,13H,4,8H2,1,3H3. The van der Waals surface area contributed by atoms with Gasteiger partial charge in [-0.3, -0.25) is 10.3 Å². The Morgan fingerprint density at radius 1 is 1.64 bits per heavy atom. The Bertz CT molecular complexity index is 325. The number of pyridine rings is 1. The first-order valence-corrected chi connectivity index (χ1v) is 4.90. The molecule has 0 saturated heterocycles. The summed E-state index contributed by atoms with van der Waals surface area (Å²) in [6, 6.07) is 3.89. The summed E-state index contributed by atoms with van der Waals surface area (Å²) < 4.78 is 0. The molecular weight excluding hydrogens is 172 g/mol. The summed E-state index contributed by atoms with van der Waals surface area (Å²) in [7, 11) is 0. The van der Waals surface area contributed by atoms with E-state index < -0.39 is 0 Å². The highest BCUT2D eigenvalue weighted by atomic mass is 14.9. The highest BCUT2D eigenvalue weighted by Crippen LogP contribution is 2.13. The molecule has 1 aromatic rings. The molecule has 2 nitrogen and oxygen atoms in total. The zero-order valence-electron chi connectivity index (χ0n) is 8.75. The number of hydrogen-bond donors (Lipinski definition) is 1. The summed E-state index contributed by atoms with van der Waals surface area (Å²) in [6.45, 7) is 5.07. The van der Waals surface area contributed by atoms with Gasteiger partial charge in [-0.25, -0.2) is 0 Å². The molecule has 1 N–H and O–H groups in total. The van der Waals surface area contributed by atoms with Gasteiger partial charge >= 0.3 is 0 Å². The van der Waals surface area contributed by atoms with E-state index in [-0.39, 0.29) is 6.04 Å². The van der Waals surface area contributed by atoms with Crippen molar-refractivity contribution in [3.8, 4) is 12.3 Å². The smallest absolute Gasteiger partial charge is 0.112 e. The van der Waals surface area contributed by atoms with Crippen molar-refractivity contribution < 1.29 is 0 Å². The van der Waals surface area contributed by atoms with Crippen LogP contribution in [0.3, 0.4) is 0 Å². The molecule has 0 saturated carbocycles. The van der Waals surface area contributed by atoms with E-state index in [0.29, 0.717) is 0 Å². The van der Waals surface area contributed by atoms with Crippen molar-refractivity contribution in [1.82, 2.24) is 10.3 Å². The van der Waals surface area contributed by atoms with Gasteiger partial charge in [0.15, 0.2) is 0 Å². The molecule has 0 bridgehead atoms. The van der Waals surface area contributed by atoms with Gasteiger partial charge in [-0.15, -0.1) is 6.42 Å². The van der Waals surface area contributed by atoms with Crippen molar-refractivity contribution in [2.24, 2.45) is 0 Å². The lowest BCUT2D eigenvalue weighted by Gasteiger charge is -2.13. The van der Waals surface area contributed by atoms with Crippen LogP contribution in [0.2, 0.25) is 0 Å². The van der Waals surface area contributed by atoms with E-state index in [2.05, 4.69) is 23.1 Å². The molecule has 0 radical (unpaired) electrons. The highest BCUT2D eigenvalue weighted by Gasteiger charge is 2.10. The largest absolute Gasteiger partial charge is 0.299 e. The van der Waals surface area contributed by atoms with E-state index in [1.165, 1.54) is 0 Å². The molecule has 14 heavy (non-hydrogen) atoms. The molecule has 0 fully saturated rings. The zero-order chi connectivity index (χ0) is 10.4. The van der Waals surface area contributed by atoms with Crippen LogP contribution in [0.25, 0.3) is 0 Å². The Hall–Kier alpha value is -1.33. The average Bonchev–Trinajstić information content (AvgIpc) is 2.21. The van der Waals surface area contributed by atoms with Crippen molar-refractivity contribution >= 4 is 0 Å². The van der Waals surface area contributed by atoms with Crippen LogP contribution in [0.5, 0.6) is 0 Å². The van der Waals surface area contributed by atoms with Gasteiger partial charge in [0.1, 0.15) is 6.04 Å². The maximum atomic E-state index is 5.46. The predicted octanol–water partition coefficient (Wildman–Crippen LogP) is 2.06. The minimum atomic E-state index is -0.0591. The Labute approximate surface area is 85.8 Å². The first-order chi connectivity index (χ1) is 6.79. The summed E-state index contributed by atoms with van der Waals surface area (Å²) in [6.07, 6.45) is 8.31. The number of hydrogen-bond acceptors (Lipinski definition) is 2. The second-order valence-corrected chi connectivity index (χ2v) is 3.26. The van der Waals surface area contributed by atoms with Crippen LogP contribution >= 0.6 is 0 Å². The van der Waals surface area contributed by atoms with E-state index in [1.807, 2.05) is 19.1 Å². The molecule has 74 valence electrons. The SMILES string of the molecule is C#CC(NCCC)c1ncccc1C. The van der Waals surface area contributed by atoms with Crippen molar-refractivity contribution in [2.75, 3.05) is 6.54 Å². The van der Waals surface area contributed by atoms with Crippen LogP contribution < -0.4 is 5.32 Å². The van der Waals surface area contributed by atoms with Gasteiger partial charge in [-0.1, -0.05) is 18.9 Å². The summed E-state index contributed by atoms with van der Waals surface area (Å²) >= 11 is 0. The van der Waals surface area contributed by atoms with Gasteiger partial charge < -0.3 is 0 Å². The summed E-state index contributed by atoms with van der Waals surface area (Å²) in [5.74, 6) is 2.72. The van der Waals surface area contributed by atoms with Crippen LogP contribution in [-0.2, 0) is 0 Å². The Morgan fingerprint density at radius 2 is 2.43 bits per heavy atom. The van der Waals surface area contributed by atoms with Crippen molar-refractivity contribution in [2.45, 2.75) is 26.3 Å². The van der Waals surface area contributed by atoms with Crippen LogP contribution in [0.1, 0.15) is 30.6 Å². The molecule has 0 aromatic carbocycles. The second kappa shape index (κ2) is 5.41. The Balaban J connectivity index is 2.80. The molecule has 1 atom stereocenters. The first kappa shape index (κ1) is 10.7. The quantitative estimate of drug-likeness (QED) is 0.732. The lowest BCUT2D eigenvalue weighted by atomic mass is 10.1. The molecular formula is C12H16N2. The third-order valence-electron chi connectivity index (χ3n) is 2.09. The normalized spacial score (nSPS) is 12.1. The van der Waals surface area contributed by atoms with E-state index in [0.717, 1.165) is 24.2 Å². The highest BCUT2D eigenvalue weighted by molar-refractivity contribution is 5.26. The number of aryl methyl sites for hydroxylation is 1. The number of nitrogens with zero attached hydrogens (tertiary/aromatic N) is 1. The Kier molecular flexibility index (Phi) is 4.15. The number of rotatable bonds is 4. The molecule has 0 aliphatic heterocycles. The Morgan fingerprint density at radius 3 is 3.00 bits per heavy atom. The number of terminal acetylenes is 1. The summed E-state index contributed by atoms with van der Waals surface area (Å²) in [5, 5.41) is 3.28. The lowest BCUT2D eigenvalue weighted by Crippen LogP contribution is -2.22. The molecule has 1 rings (SSSR count). The van der Waals surface area contributed by atoms with Crippen LogP contribution in [0.4, 0.5) is 0 Å². The number of nitrogens with one attached hydrogen (secondary N) is 1. The monoisotopic (exact) mass is 188 g/mol. The first-order valence-electron chi connectivity index (χ1n) is 4.90. The van der Waals surface area contributed by atoms with Gasteiger partial charge in [0.2, 0.25) is 0 Å². The van der Waals surface area contributed by atoms with E-state index in [9.17, 15) is 0 Å². The molecule has 1 unspecified atom stereocenters. The van der Waals surface area contributed by atoms with E-state index in [4.69, 9.17) is 6.42 Å². The van der Waals surface area contributed by atoms with Gasteiger partial charge in [0, 0.05) is 6.20 Å². The van der Waals surface area contributed by atoms with E-state index >= 15 is 0 Å². The molecule has 0 spiro atoms. The molecule has 2 heteroatoms. The van der Waals surface area contributed by atoms with Crippen LogP contribution in [0, 0.1) is 19.3 Å². The maximum absolute atomic E-state index is 5.46. The fourth-order valence-electron chi connectivity index (χ4n) is 1.32. The minimum Gasteiger partial charge on any atom is -0.299 e. The molecule has 0 aliphatic rings. The maximum Gasteiger partial charge on any atom is 0.112 e. The third-order valence-corrected chi connectivity index (χ3v) is 2.09. The van der Waals surface area contributed by atoms with Gasteiger partial charge in [0.05, 0.1) is 5.69 Å². The van der Waals surface area contributed by atoms with Gasteiger partial charge in [0.25, 0.3) is 0 Å². The second-order valence-electron chi connectivity index (χ2n) is 3.26. The molecule has 0 aliphatic carbocycles.